The molecule has 0 atom stereocenters. The summed E-state index contributed by atoms with van der Waals surface area (Å²) in [6, 6.07) is 1.64. The van der Waals surface area contributed by atoms with E-state index in [4.69, 9.17) is 0 Å². The van der Waals surface area contributed by atoms with Crippen LogP contribution in [0.15, 0.2) is 12.1 Å². The molecule has 0 aliphatic rings. The van der Waals surface area contributed by atoms with Gasteiger partial charge in [-0.05, 0) is 26.0 Å². The molecule has 7 heteroatoms. The molecule has 0 aliphatic heterocycles. The molecular formula is C13H11F3N2OS. The van der Waals surface area contributed by atoms with Gasteiger partial charge in [-0.25, -0.2) is 18.2 Å². The van der Waals surface area contributed by atoms with Crippen LogP contribution < -0.4 is 4.90 Å². The molecule has 2 aromatic rings. The summed E-state index contributed by atoms with van der Waals surface area (Å²) in [5, 5.41) is 0.370. The van der Waals surface area contributed by atoms with Crippen molar-refractivity contribution in [3.63, 3.8) is 0 Å². The molecule has 0 spiro atoms. The van der Waals surface area contributed by atoms with Crippen LogP contribution in [0.3, 0.4) is 0 Å². The van der Waals surface area contributed by atoms with Crippen LogP contribution in [0, 0.1) is 31.3 Å². The number of aromatic nitrogens is 1. The molecule has 3 nitrogen and oxygen atoms in total. The zero-order valence-corrected chi connectivity index (χ0v) is 11.8. The smallest absolute Gasteiger partial charge is 0.262 e. The fourth-order valence-electron chi connectivity index (χ4n) is 1.56. The van der Waals surface area contributed by atoms with Crippen molar-refractivity contribution in [1.29, 1.82) is 0 Å². The molecule has 106 valence electrons. The van der Waals surface area contributed by atoms with Gasteiger partial charge >= 0.3 is 0 Å². The number of amides is 1. The van der Waals surface area contributed by atoms with Crippen molar-refractivity contribution in [2.75, 3.05) is 11.9 Å². The molecule has 0 unspecified atom stereocenters. The highest BCUT2D eigenvalue weighted by Crippen LogP contribution is 2.26. The molecule has 1 aromatic carbocycles. The number of thiazole rings is 1. The fourth-order valence-corrected chi connectivity index (χ4v) is 2.43. The van der Waals surface area contributed by atoms with Crippen LogP contribution in [0.2, 0.25) is 0 Å². The van der Waals surface area contributed by atoms with E-state index in [2.05, 4.69) is 4.98 Å². The molecule has 0 aliphatic carbocycles. The standard InChI is InChI=1S/C13H11F3N2OS/c1-6-7(2)20-13(17-6)18(3)12(19)8-4-5-9(14)11(16)10(8)15/h4-5H,1-3H3. The number of benzene rings is 1. The van der Waals surface area contributed by atoms with Gasteiger partial charge in [0.1, 0.15) is 0 Å². The first-order valence-corrected chi connectivity index (χ1v) is 6.50. The second-order valence-corrected chi connectivity index (χ2v) is 5.41. The number of hydrogen-bond donors (Lipinski definition) is 0. The topological polar surface area (TPSA) is 33.2 Å². The summed E-state index contributed by atoms with van der Waals surface area (Å²) in [6.07, 6.45) is 0. The SMILES string of the molecule is Cc1nc(N(C)C(=O)c2ccc(F)c(F)c2F)sc1C. The highest BCUT2D eigenvalue weighted by atomic mass is 32.1. The van der Waals surface area contributed by atoms with Gasteiger partial charge in [0.05, 0.1) is 11.3 Å². The minimum absolute atomic E-state index is 0.370. The first kappa shape index (κ1) is 14.5. The molecule has 1 heterocycles. The Labute approximate surface area is 117 Å². The molecule has 1 amide bonds. The van der Waals surface area contributed by atoms with Gasteiger partial charge in [0.2, 0.25) is 0 Å². The van der Waals surface area contributed by atoms with Gasteiger partial charge in [-0.1, -0.05) is 0 Å². The molecule has 0 fully saturated rings. The van der Waals surface area contributed by atoms with Crippen LogP contribution in [0.1, 0.15) is 20.9 Å². The highest BCUT2D eigenvalue weighted by molar-refractivity contribution is 7.15. The Bertz CT molecular complexity index is 665. The summed E-state index contributed by atoms with van der Waals surface area (Å²) < 4.78 is 39.6. The Kier molecular flexibility index (Phi) is 3.80. The molecule has 0 N–H and O–H groups in total. The van der Waals surface area contributed by atoms with Gasteiger partial charge < -0.3 is 0 Å². The Balaban J connectivity index is 2.39. The van der Waals surface area contributed by atoms with E-state index < -0.39 is 28.9 Å². The quantitative estimate of drug-likeness (QED) is 0.796. The molecule has 0 radical (unpaired) electrons. The van der Waals surface area contributed by atoms with Crippen molar-refractivity contribution in [3.8, 4) is 0 Å². The maximum Gasteiger partial charge on any atom is 0.262 e. The van der Waals surface area contributed by atoms with E-state index in [-0.39, 0.29) is 0 Å². The van der Waals surface area contributed by atoms with Crippen LogP contribution in [0.25, 0.3) is 0 Å². The van der Waals surface area contributed by atoms with Gasteiger partial charge in [0, 0.05) is 11.9 Å². The van der Waals surface area contributed by atoms with E-state index >= 15 is 0 Å². The summed E-state index contributed by atoms with van der Waals surface area (Å²) in [5.74, 6) is -5.26. The number of carbonyl (C=O) groups is 1. The van der Waals surface area contributed by atoms with Gasteiger partial charge in [0.25, 0.3) is 5.91 Å². The van der Waals surface area contributed by atoms with Crippen molar-refractivity contribution in [1.82, 2.24) is 4.98 Å². The summed E-state index contributed by atoms with van der Waals surface area (Å²) in [5.41, 5.74) is 0.229. The maximum absolute atomic E-state index is 13.6. The summed E-state index contributed by atoms with van der Waals surface area (Å²) in [7, 11) is 1.40. The predicted octanol–water partition coefficient (Wildman–Crippen LogP) is 3.45. The molecule has 0 bridgehead atoms. The Morgan fingerprint density at radius 3 is 2.40 bits per heavy atom. The van der Waals surface area contributed by atoms with Crippen molar-refractivity contribution in [3.05, 3.63) is 45.7 Å². The van der Waals surface area contributed by atoms with Crippen LogP contribution in [-0.4, -0.2) is 17.9 Å². The van der Waals surface area contributed by atoms with Crippen LogP contribution >= 0.6 is 11.3 Å². The summed E-state index contributed by atoms with van der Waals surface area (Å²) >= 11 is 1.26. The first-order valence-electron chi connectivity index (χ1n) is 5.68. The molecular weight excluding hydrogens is 289 g/mol. The molecule has 20 heavy (non-hydrogen) atoms. The number of carbonyl (C=O) groups excluding carboxylic acids is 1. The number of hydrogen-bond acceptors (Lipinski definition) is 3. The average Bonchev–Trinajstić information content (AvgIpc) is 2.75. The molecule has 2 rings (SSSR count). The summed E-state index contributed by atoms with van der Waals surface area (Å²) in [6.45, 7) is 3.62. The van der Waals surface area contributed by atoms with Crippen LogP contribution in [0.4, 0.5) is 18.3 Å². The van der Waals surface area contributed by atoms with Crippen molar-refractivity contribution < 1.29 is 18.0 Å². The van der Waals surface area contributed by atoms with Crippen molar-refractivity contribution in [2.45, 2.75) is 13.8 Å². The normalized spacial score (nSPS) is 10.7. The third-order valence-electron chi connectivity index (χ3n) is 2.87. The van der Waals surface area contributed by atoms with Gasteiger partial charge in [-0.2, -0.15) is 0 Å². The number of nitrogens with zero attached hydrogens (tertiary/aromatic N) is 2. The van der Waals surface area contributed by atoms with Crippen LogP contribution in [0.5, 0.6) is 0 Å². The third-order valence-corrected chi connectivity index (χ3v) is 4.02. The minimum Gasteiger partial charge on any atom is -0.287 e. The fraction of sp³-hybridized carbons (Fsp3) is 0.231. The lowest BCUT2D eigenvalue weighted by Gasteiger charge is -2.14. The van der Waals surface area contributed by atoms with Crippen molar-refractivity contribution >= 4 is 22.4 Å². The number of aryl methyl sites for hydroxylation is 2. The number of rotatable bonds is 2. The number of halogens is 3. The molecule has 0 saturated heterocycles. The lowest BCUT2D eigenvalue weighted by molar-refractivity contribution is 0.0988. The number of anilines is 1. The summed E-state index contributed by atoms with van der Waals surface area (Å²) in [4.78, 5) is 18.3. The lowest BCUT2D eigenvalue weighted by atomic mass is 10.2. The van der Waals surface area contributed by atoms with E-state index in [1.807, 2.05) is 6.92 Å². The molecule has 1 aromatic heterocycles. The predicted molar refractivity (Wildman–Crippen MR) is 70.6 cm³/mol. The lowest BCUT2D eigenvalue weighted by Crippen LogP contribution is -2.27. The van der Waals surface area contributed by atoms with Crippen molar-refractivity contribution in [2.24, 2.45) is 0 Å². The van der Waals surface area contributed by atoms with Crippen LogP contribution in [-0.2, 0) is 0 Å². The van der Waals surface area contributed by atoms with Gasteiger partial charge in [-0.3, -0.25) is 9.69 Å². The zero-order chi connectivity index (χ0) is 15.0. The maximum atomic E-state index is 13.6. The van der Waals surface area contributed by atoms with E-state index in [1.54, 1.807) is 6.92 Å². The van der Waals surface area contributed by atoms with Gasteiger partial charge in [-0.15, -0.1) is 11.3 Å². The average molecular weight is 300 g/mol. The second-order valence-electron chi connectivity index (χ2n) is 4.23. The van der Waals surface area contributed by atoms with E-state index in [1.165, 1.54) is 18.4 Å². The Morgan fingerprint density at radius 1 is 1.20 bits per heavy atom. The zero-order valence-electron chi connectivity index (χ0n) is 11.0. The van der Waals surface area contributed by atoms with Gasteiger partial charge in [0.15, 0.2) is 22.6 Å². The van der Waals surface area contributed by atoms with E-state index in [0.29, 0.717) is 5.13 Å². The van der Waals surface area contributed by atoms with E-state index in [0.717, 1.165) is 27.6 Å². The largest absolute Gasteiger partial charge is 0.287 e. The second kappa shape index (κ2) is 5.24. The highest BCUT2D eigenvalue weighted by Gasteiger charge is 2.23. The molecule has 0 saturated carbocycles. The first-order chi connectivity index (χ1) is 9.32. The van der Waals surface area contributed by atoms with E-state index in [9.17, 15) is 18.0 Å². The third kappa shape index (κ3) is 2.40. The Morgan fingerprint density at radius 2 is 1.85 bits per heavy atom. The Hall–Kier alpha value is -1.89. The monoisotopic (exact) mass is 300 g/mol. The minimum atomic E-state index is -1.66.